The first kappa shape index (κ1) is 18.0. The minimum absolute atomic E-state index is 0.0135. The van der Waals surface area contributed by atoms with Crippen LogP contribution < -0.4 is 8.37 Å². The first-order valence-electron chi connectivity index (χ1n) is 6.70. The third-order valence-electron chi connectivity index (χ3n) is 3.41. The zero-order chi connectivity index (χ0) is 19.3. The van der Waals surface area contributed by atoms with Crippen molar-refractivity contribution in [3.05, 3.63) is 36.4 Å². The van der Waals surface area contributed by atoms with Gasteiger partial charge in [0.1, 0.15) is 23.0 Å². The molecule has 0 amide bonds. The number of phenols is 2. The molecule has 0 spiro atoms. The summed E-state index contributed by atoms with van der Waals surface area (Å²) >= 11 is 0. The van der Waals surface area contributed by atoms with Gasteiger partial charge in [-0.3, -0.25) is 9.11 Å². The van der Waals surface area contributed by atoms with Crippen LogP contribution in [-0.2, 0) is 20.8 Å². The molecule has 0 fully saturated rings. The maximum Gasteiger partial charge on any atom is 0.446 e. The van der Waals surface area contributed by atoms with E-state index in [4.69, 9.17) is 9.11 Å². The van der Waals surface area contributed by atoms with Crippen molar-refractivity contribution in [3.8, 4) is 23.0 Å². The molecule has 4 N–H and O–H groups in total. The molecule has 0 aliphatic heterocycles. The van der Waals surface area contributed by atoms with Crippen molar-refractivity contribution in [2.75, 3.05) is 0 Å². The van der Waals surface area contributed by atoms with Gasteiger partial charge >= 0.3 is 20.8 Å². The Morgan fingerprint density at radius 3 is 1.27 bits per heavy atom. The van der Waals surface area contributed by atoms with Crippen LogP contribution in [0.15, 0.2) is 36.4 Å². The van der Waals surface area contributed by atoms with E-state index >= 15 is 0 Å². The highest BCUT2D eigenvalue weighted by molar-refractivity contribution is 7.81. The zero-order valence-corrected chi connectivity index (χ0v) is 14.2. The fraction of sp³-hybridized carbons (Fsp3) is 0. The first-order valence-corrected chi connectivity index (χ1v) is 9.43. The Morgan fingerprint density at radius 2 is 0.962 bits per heavy atom. The summed E-state index contributed by atoms with van der Waals surface area (Å²) in [5.41, 5.74) is 0. The predicted molar refractivity (Wildman–Crippen MR) is 89.1 cm³/mol. The molecule has 0 saturated carbocycles. The largest absolute Gasteiger partial charge is 0.507 e. The summed E-state index contributed by atoms with van der Waals surface area (Å²) in [5, 5.41) is 21.0. The topological polar surface area (TPSA) is 168 Å². The molecule has 0 aliphatic carbocycles. The molecule has 26 heavy (non-hydrogen) atoms. The standard InChI is InChI=1S/C14H10O10S2/c15-13-9-3-1-7(23-25(17,18)19)5-11(9)14(16)10-4-2-8(6-12(10)13)24-26(20,21)22/h1-6,15-16H,(H,17,18,19)(H,20,21,22). The minimum atomic E-state index is -4.78. The number of phenolic OH excluding ortho intramolecular Hbond substituents is 2. The van der Waals surface area contributed by atoms with Gasteiger partial charge in [-0.25, -0.2) is 0 Å². The number of hydrogen-bond donors (Lipinski definition) is 4. The fourth-order valence-corrected chi connectivity index (χ4v) is 3.18. The number of fused-ring (bicyclic) bond motifs is 2. The fourth-order valence-electron chi connectivity index (χ4n) is 2.49. The Labute approximate surface area is 146 Å². The Morgan fingerprint density at radius 1 is 0.615 bits per heavy atom. The van der Waals surface area contributed by atoms with Crippen LogP contribution in [0.5, 0.6) is 23.0 Å². The molecule has 3 rings (SSSR count). The molecule has 10 nitrogen and oxygen atoms in total. The molecule has 0 atom stereocenters. The van der Waals surface area contributed by atoms with E-state index in [9.17, 15) is 27.0 Å². The van der Waals surface area contributed by atoms with Crippen molar-refractivity contribution in [2.45, 2.75) is 0 Å². The molecule has 0 aliphatic rings. The Bertz CT molecular complexity index is 1150. The van der Waals surface area contributed by atoms with Gasteiger partial charge in [0, 0.05) is 21.5 Å². The van der Waals surface area contributed by atoms with Crippen molar-refractivity contribution >= 4 is 42.3 Å². The highest BCUT2D eigenvalue weighted by atomic mass is 32.3. The van der Waals surface area contributed by atoms with E-state index in [-0.39, 0.29) is 44.5 Å². The lowest BCUT2D eigenvalue weighted by molar-refractivity contribution is 0.384. The van der Waals surface area contributed by atoms with Gasteiger partial charge in [-0.05, 0) is 36.4 Å². The summed E-state index contributed by atoms with van der Waals surface area (Å²) in [6, 6.07) is 6.86. The molecule has 0 heterocycles. The lowest BCUT2D eigenvalue weighted by Gasteiger charge is -2.12. The van der Waals surface area contributed by atoms with Gasteiger partial charge in [-0.1, -0.05) is 0 Å². The SMILES string of the molecule is O=S(=O)(O)Oc1ccc2c(O)c3cc(OS(=O)(=O)O)ccc3c(O)c2c1. The highest BCUT2D eigenvalue weighted by Gasteiger charge is 2.17. The van der Waals surface area contributed by atoms with Gasteiger partial charge in [0.05, 0.1) is 0 Å². The van der Waals surface area contributed by atoms with E-state index < -0.39 is 20.8 Å². The molecule has 3 aromatic rings. The van der Waals surface area contributed by atoms with E-state index in [1.807, 2.05) is 0 Å². The maximum absolute atomic E-state index is 10.8. The van der Waals surface area contributed by atoms with Gasteiger partial charge < -0.3 is 18.6 Å². The molecule has 0 unspecified atom stereocenters. The highest BCUT2D eigenvalue weighted by Crippen LogP contribution is 2.43. The summed E-state index contributed by atoms with van der Waals surface area (Å²) < 4.78 is 69.2. The number of aromatic hydroxyl groups is 2. The third kappa shape index (κ3) is 3.57. The zero-order valence-electron chi connectivity index (χ0n) is 12.5. The minimum Gasteiger partial charge on any atom is -0.507 e. The van der Waals surface area contributed by atoms with E-state index in [1.165, 1.54) is 12.1 Å². The second-order valence-corrected chi connectivity index (χ2v) is 7.18. The number of rotatable bonds is 4. The van der Waals surface area contributed by atoms with Crippen molar-refractivity contribution in [2.24, 2.45) is 0 Å². The van der Waals surface area contributed by atoms with Crippen LogP contribution in [0.3, 0.4) is 0 Å². The average molecular weight is 402 g/mol. The van der Waals surface area contributed by atoms with Crippen LogP contribution in [0.4, 0.5) is 0 Å². The summed E-state index contributed by atoms with van der Waals surface area (Å²) in [7, 11) is -9.55. The monoisotopic (exact) mass is 402 g/mol. The summed E-state index contributed by atoms with van der Waals surface area (Å²) in [5.74, 6) is -1.35. The van der Waals surface area contributed by atoms with Crippen LogP contribution in [0, 0.1) is 0 Å². The summed E-state index contributed by atoms with van der Waals surface area (Å²) in [6.07, 6.45) is 0. The average Bonchev–Trinajstić information content (AvgIpc) is 2.49. The van der Waals surface area contributed by atoms with Crippen LogP contribution >= 0.6 is 0 Å². The second-order valence-electron chi connectivity index (χ2n) is 5.13. The van der Waals surface area contributed by atoms with Gasteiger partial charge in [0.15, 0.2) is 0 Å². The summed E-state index contributed by atoms with van der Waals surface area (Å²) in [6.45, 7) is 0. The van der Waals surface area contributed by atoms with Crippen LogP contribution in [0.1, 0.15) is 0 Å². The Kier molecular flexibility index (Phi) is 4.07. The van der Waals surface area contributed by atoms with Crippen molar-refractivity contribution < 1.29 is 44.5 Å². The van der Waals surface area contributed by atoms with E-state index in [2.05, 4.69) is 8.37 Å². The third-order valence-corrected chi connectivity index (χ3v) is 4.21. The van der Waals surface area contributed by atoms with Gasteiger partial charge in [-0.2, -0.15) is 16.8 Å². The first-order chi connectivity index (χ1) is 11.9. The van der Waals surface area contributed by atoms with E-state index in [0.717, 1.165) is 24.3 Å². The quantitative estimate of drug-likeness (QED) is 0.287. The Balaban J connectivity index is 2.26. The smallest absolute Gasteiger partial charge is 0.446 e. The molecule has 0 bridgehead atoms. The molecule has 12 heteroatoms. The molecule has 138 valence electrons. The molecule has 0 saturated heterocycles. The molecular weight excluding hydrogens is 392 g/mol. The van der Waals surface area contributed by atoms with Crippen molar-refractivity contribution in [3.63, 3.8) is 0 Å². The number of hydrogen-bond acceptors (Lipinski definition) is 8. The second kappa shape index (κ2) is 5.88. The van der Waals surface area contributed by atoms with Gasteiger partial charge in [0.2, 0.25) is 0 Å². The van der Waals surface area contributed by atoms with Crippen LogP contribution in [0.2, 0.25) is 0 Å². The Hall–Kier alpha value is -2.80. The lowest BCUT2D eigenvalue weighted by Crippen LogP contribution is -2.06. The van der Waals surface area contributed by atoms with Crippen LogP contribution in [0.25, 0.3) is 21.5 Å². The van der Waals surface area contributed by atoms with Crippen LogP contribution in [-0.4, -0.2) is 36.2 Å². The maximum atomic E-state index is 10.8. The van der Waals surface area contributed by atoms with Gasteiger partial charge in [-0.15, -0.1) is 0 Å². The lowest BCUT2D eigenvalue weighted by atomic mass is 10.0. The van der Waals surface area contributed by atoms with Crippen molar-refractivity contribution in [1.82, 2.24) is 0 Å². The van der Waals surface area contributed by atoms with Crippen molar-refractivity contribution in [1.29, 1.82) is 0 Å². The normalized spacial score (nSPS) is 12.4. The van der Waals surface area contributed by atoms with E-state index in [0.29, 0.717) is 0 Å². The van der Waals surface area contributed by atoms with Gasteiger partial charge in [0.25, 0.3) is 0 Å². The molecule has 0 radical (unpaired) electrons. The molecular formula is C14H10O10S2. The summed E-state index contributed by atoms with van der Waals surface area (Å²) in [4.78, 5) is 0. The molecule has 3 aromatic carbocycles. The van der Waals surface area contributed by atoms with E-state index in [1.54, 1.807) is 0 Å². The molecule has 0 aromatic heterocycles. The number of benzene rings is 3. The predicted octanol–water partition coefficient (Wildman–Crippen LogP) is 1.77.